The Balaban J connectivity index is 1.78. The monoisotopic (exact) mass is 294 g/mol. The number of thiophene rings is 1. The number of nitrogens with zero attached hydrogens (tertiary/aromatic N) is 1. The highest BCUT2D eigenvalue weighted by Gasteiger charge is 2.19. The van der Waals surface area contributed by atoms with Crippen LogP contribution in [-0.2, 0) is 6.42 Å². The zero-order valence-corrected chi connectivity index (χ0v) is 14.3. The van der Waals surface area contributed by atoms with E-state index in [9.17, 15) is 0 Å². The van der Waals surface area contributed by atoms with Gasteiger partial charge in [0, 0.05) is 27.9 Å². The van der Waals surface area contributed by atoms with E-state index in [1.165, 1.54) is 48.5 Å². The van der Waals surface area contributed by atoms with Gasteiger partial charge in [-0.25, -0.2) is 0 Å². The molecule has 2 heterocycles. The predicted octanol–water partition coefficient (Wildman–Crippen LogP) is 3.84. The van der Waals surface area contributed by atoms with E-state index in [2.05, 4.69) is 50.0 Å². The van der Waals surface area contributed by atoms with Crippen molar-refractivity contribution in [1.82, 2.24) is 10.2 Å². The lowest BCUT2D eigenvalue weighted by atomic mass is 10.1. The number of rotatable bonds is 5. The van der Waals surface area contributed by atoms with Gasteiger partial charge in [-0.2, -0.15) is 0 Å². The van der Waals surface area contributed by atoms with E-state index >= 15 is 0 Å². The molecule has 0 spiro atoms. The van der Waals surface area contributed by atoms with E-state index in [0.29, 0.717) is 18.1 Å². The van der Waals surface area contributed by atoms with E-state index in [1.54, 1.807) is 0 Å². The first kappa shape index (κ1) is 16.0. The van der Waals surface area contributed by atoms with Crippen molar-refractivity contribution in [1.29, 1.82) is 0 Å². The summed E-state index contributed by atoms with van der Waals surface area (Å²) in [5.41, 5.74) is 0. The lowest BCUT2D eigenvalue weighted by molar-refractivity contribution is 0.228. The number of nitrogens with one attached hydrogen (secondary N) is 1. The molecule has 1 aliphatic rings. The number of hydrogen-bond donors (Lipinski definition) is 1. The van der Waals surface area contributed by atoms with Gasteiger partial charge >= 0.3 is 0 Å². The minimum absolute atomic E-state index is 0.587. The molecule has 0 saturated carbocycles. The Labute approximate surface area is 128 Å². The fourth-order valence-corrected chi connectivity index (χ4v) is 4.18. The second kappa shape index (κ2) is 7.58. The molecular weight excluding hydrogens is 264 g/mol. The number of likely N-dealkylation sites (tertiary alicyclic amines) is 1. The normalized spacial score (nSPS) is 22.9. The van der Waals surface area contributed by atoms with Crippen molar-refractivity contribution in [3.05, 3.63) is 21.9 Å². The number of aryl methyl sites for hydroxylation is 1. The smallest absolute Gasteiger partial charge is 0.00896 e. The molecule has 2 atom stereocenters. The molecule has 0 radical (unpaired) electrons. The summed E-state index contributed by atoms with van der Waals surface area (Å²) >= 11 is 1.94. The summed E-state index contributed by atoms with van der Waals surface area (Å²) in [6.07, 6.45) is 5.13. The maximum absolute atomic E-state index is 3.86. The average molecular weight is 295 g/mol. The van der Waals surface area contributed by atoms with Crippen LogP contribution >= 0.6 is 11.3 Å². The molecule has 1 N–H and O–H groups in total. The van der Waals surface area contributed by atoms with Gasteiger partial charge in [-0.05, 0) is 78.6 Å². The highest BCUT2D eigenvalue weighted by Crippen LogP contribution is 2.18. The average Bonchev–Trinajstić information content (AvgIpc) is 2.63. The van der Waals surface area contributed by atoms with E-state index < -0.39 is 0 Å². The molecule has 2 nitrogen and oxygen atoms in total. The molecule has 0 aromatic carbocycles. The van der Waals surface area contributed by atoms with E-state index in [4.69, 9.17) is 0 Å². The zero-order chi connectivity index (χ0) is 14.5. The van der Waals surface area contributed by atoms with Crippen LogP contribution in [0.1, 0.15) is 49.8 Å². The van der Waals surface area contributed by atoms with Crippen LogP contribution in [0.4, 0.5) is 0 Å². The highest BCUT2D eigenvalue weighted by atomic mass is 32.1. The Morgan fingerprint density at radius 1 is 1.25 bits per heavy atom. The SMILES string of the molecule is Cc1ccc(CC(C)NC2CCCN(C(C)C)CC2)s1. The Hall–Kier alpha value is -0.380. The third kappa shape index (κ3) is 4.87. The Morgan fingerprint density at radius 3 is 2.70 bits per heavy atom. The van der Waals surface area contributed by atoms with Crippen molar-refractivity contribution in [2.24, 2.45) is 0 Å². The van der Waals surface area contributed by atoms with Gasteiger partial charge in [0.25, 0.3) is 0 Å². The summed E-state index contributed by atoms with van der Waals surface area (Å²) in [4.78, 5) is 5.56. The summed E-state index contributed by atoms with van der Waals surface area (Å²) in [7, 11) is 0. The van der Waals surface area contributed by atoms with Crippen LogP contribution in [0.15, 0.2) is 12.1 Å². The maximum atomic E-state index is 3.86. The van der Waals surface area contributed by atoms with Crippen LogP contribution in [0.3, 0.4) is 0 Å². The zero-order valence-electron chi connectivity index (χ0n) is 13.5. The molecule has 0 bridgehead atoms. The second-order valence-corrected chi connectivity index (χ2v) is 7.91. The van der Waals surface area contributed by atoms with Crippen molar-refractivity contribution in [2.45, 2.75) is 71.5 Å². The predicted molar refractivity (Wildman–Crippen MR) is 89.7 cm³/mol. The third-order valence-corrected chi connectivity index (χ3v) is 5.34. The van der Waals surface area contributed by atoms with Crippen molar-refractivity contribution < 1.29 is 0 Å². The van der Waals surface area contributed by atoms with Crippen LogP contribution in [0.2, 0.25) is 0 Å². The van der Waals surface area contributed by atoms with E-state index in [1.807, 2.05) is 11.3 Å². The molecule has 2 rings (SSSR count). The second-order valence-electron chi connectivity index (χ2n) is 6.54. The lowest BCUT2D eigenvalue weighted by Crippen LogP contribution is -2.39. The first-order chi connectivity index (χ1) is 9.54. The highest BCUT2D eigenvalue weighted by molar-refractivity contribution is 7.11. The molecule has 1 aliphatic heterocycles. The van der Waals surface area contributed by atoms with Crippen molar-refractivity contribution >= 4 is 11.3 Å². The summed E-state index contributed by atoms with van der Waals surface area (Å²) in [6.45, 7) is 11.7. The fourth-order valence-electron chi connectivity index (χ4n) is 3.16. The van der Waals surface area contributed by atoms with Gasteiger partial charge < -0.3 is 10.2 Å². The third-order valence-electron chi connectivity index (χ3n) is 4.32. The van der Waals surface area contributed by atoms with Gasteiger partial charge in [0.2, 0.25) is 0 Å². The van der Waals surface area contributed by atoms with Crippen molar-refractivity contribution in [3.8, 4) is 0 Å². The topological polar surface area (TPSA) is 15.3 Å². The van der Waals surface area contributed by atoms with Crippen LogP contribution in [0.5, 0.6) is 0 Å². The minimum atomic E-state index is 0.587. The molecule has 1 aromatic heterocycles. The summed E-state index contributed by atoms with van der Waals surface area (Å²) in [6, 6.07) is 6.50. The van der Waals surface area contributed by atoms with Crippen LogP contribution in [-0.4, -0.2) is 36.1 Å². The van der Waals surface area contributed by atoms with Gasteiger partial charge in [-0.3, -0.25) is 0 Å². The van der Waals surface area contributed by atoms with Crippen molar-refractivity contribution in [2.75, 3.05) is 13.1 Å². The van der Waals surface area contributed by atoms with Crippen LogP contribution < -0.4 is 5.32 Å². The molecule has 0 amide bonds. The van der Waals surface area contributed by atoms with Crippen molar-refractivity contribution in [3.63, 3.8) is 0 Å². The van der Waals surface area contributed by atoms with E-state index in [-0.39, 0.29) is 0 Å². The Morgan fingerprint density at radius 2 is 2.05 bits per heavy atom. The number of hydrogen-bond acceptors (Lipinski definition) is 3. The molecule has 20 heavy (non-hydrogen) atoms. The molecule has 1 aromatic rings. The minimum Gasteiger partial charge on any atom is -0.311 e. The maximum Gasteiger partial charge on any atom is 0.00896 e. The van der Waals surface area contributed by atoms with E-state index in [0.717, 1.165) is 0 Å². The van der Waals surface area contributed by atoms with Gasteiger partial charge in [-0.15, -0.1) is 11.3 Å². The first-order valence-corrected chi connectivity index (χ1v) is 8.91. The molecule has 3 heteroatoms. The molecule has 1 saturated heterocycles. The first-order valence-electron chi connectivity index (χ1n) is 8.10. The molecule has 1 fully saturated rings. The molecule has 2 unspecified atom stereocenters. The quantitative estimate of drug-likeness (QED) is 0.887. The van der Waals surface area contributed by atoms with Crippen LogP contribution in [0, 0.1) is 6.92 Å². The Kier molecular flexibility index (Phi) is 6.06. The van der Waals surface area contributed by atoms with Gasteiger partial charge in [-0.1, -0.05) is 0 Å². The molecule has 114 valence electrons. The Bertz CT molecular complexity index is 399. The fraction of sp³-hybridized carbons (Fsp3) is 0.765. The van der Waals surface area contributed by atoms with Gasteiger partial charge in [0.05, 0.1) is 0 Å². The molecule has 0 aliphatic carbocycles. The summed E-state index contributed by atoms with van der Waals surface area (Å²) < 4.78 is 0. The van der Waals surface area contributed by atoms with Gasteiger partial charge in [0.1, 0.15) is 0 Å². The summed E-state index contributed by atoms with van der Waals surface area (Å²) in [5, 5.41) is 3.86. The summed E-state index contributed by atoms with van der Waals surface area (Å²) in [5.74, 6) is 0. The molecular formula is C17H30N2S. The standard InChI is InChI=1S/C17H30N2S/c1-13(2)19-10-5-6-16(9-11-19)18-14(3)12-17-8-7-15(4)20-17/h7-8,13-14,16,18H,5-6,9-12H2,1-4H3. The van der Waals surface area contributed by atoms with Gasteiger partial charge in [0.15, 0.2) is 0 Å². The largest absolute Gasteiger partial charge is 0.311 e. The van der Waals surface area contributed by atoms with Crippen LogP contribution in [0.25, 0.3) is 0 Å². The lowest BCUT2D eigenvalue weighted by Gasteiger charge is -2.25.